The lowest BCUT2D eigenvalue weighted by molar-refractivity contribution is 0.519. The number of aromatic nitrogens is 2. The third kappa shape index (κ3) is 2.31. The molecule has 0 unspecified atom stereocenters. The summed E-state index contributed by atoms with van der Waals surface area (Å²) in [6.45, 7) is 2.95. The summed E-state index contributed by atoms with van der Waals surface area (Å²) in [4.78, 5) is 0. The monoisotopic (exact) mass is 179 g/mol. The zero-order chi connectivity index (χ0) is 9.10. The Kier molecular flexibility index (Phi) is 2.64. The molecule has 1 aliphatic carbocycles. The van der Waals surface area contributed by atoms with Crippen LogP contribution in [-0.4, -0.2) is 16.2 Å². The number of aryl methyl sites for hydroxylation is 1. The summed E-state index contributed by atoms with van der Waals surface area (Å²) in [6.07, 6.45) is 5.45. The molecule has 0 bridgehead atoms. The van der Waals surface area contributed by atoms with Gasteiger partial charge in [-0.25, -0.2) is 0 Å². The van der Waals surface area contributed by atoms with E-state index in [1.165, 1.54) is 25.7 Å². The second-order valence-electron chi connectivity index (χ2n) is 3.90. The molecule has 13 heavy (non-hydrogen) atoms. The van der Waals surface area contributed by atoms with Crippen molar-refractivity contribution in [2.75, 3.05) is 0 Å². The molecule has 0 saturated heterocycles. The Bertz CT molecular complexity index is 261. The third-order valence-corrected chi connectivity index (χ3v) is 2.69. The van der Waals surface area contributed by atoms with Gasteiger partial charge in [-0.15, -0.1) is 0 Å². The van der Waals surface area contributed by atoms with Crippen molar-refractivity contribution in [3.63, 3.8) is 0 Å². The third-order valence-electron chi connectivity index (χ3n) is 2.69. The van der Waals surface area contributed by atoms with Gasteiger partial charge >= 0.3 is 0 Å². The van der Waals surface area contributed by atoms with Gasteiger partial charge in [0.1, 0.15) is 0 Å². The molecule has 1 fully saturated rings. The minimum absolute atomic E-state index is 0.733. The highest BCUT2D eigenvalue weighted by atomic mass is 15.1. The topological polar surface area (TPSA) is 40.7 Å². The quantitative estimate of drug-likeness (QED) is 0.742. The van der Waals surface area contributed by atoms with Crippen LogP contribution in [0.4, 0.5) is 0 Å². The van der Waals surface area contributed by atoms with Crippen molar-refractivity contribution in [2.45, 2.75) is 45.2 Å². The summed E-state index contributed by atoms with van der Waals surface area (Å²) in [6, 6.07) is 2.83. The Hall–Kier alpha value is -0.830. The van der Waals surface area contributed by atoms with E-state index >= 15 is 0 Å². The highest BCUT2D eigenvalue weighted by molar-refractivity contribution is 5.06. The maximum Gasteiger partial charge on any atom is 0.0762 e. The fourth-order valence-electron chi connectivity index (χ4n) is 1.94. The molecule has 2 N–H and O–H groups in total. The van der Waals surface area contributed by atoms with Crippen LogP contribution in [0.15, 0.2) is 6.07 Å². The van der Waals surface area contributed by atoms with E-state index in [4.69, 9.17) is 0 Å². The van der Waals surface area contributed by atoms with Crippen LogP contribution < -0.4 is 5.32 Å². The second kappa shape index (κ2) is 3.92. The molecule has 3 heteroatoms. The highest BCUT2D eigenvalue weighted by Crippen LogP contribution is 2.17. The van der Waals surface area contributed by atoms with E-state index in [0.29, 0.717) is 0 Å². The molecule has 1 aliphatic rings. The molecule has 0 aliphatic heterocycles. The van der Waals surface area contributed by atoms with E-state index in [1.54, 1.807) is 0 Å². The summed E-state index contributed by atoms with van der Waals surface area (Å²) >= 11 is 0. The van der Waals surface area contributed by atoms with Crippen LogP contribution in [0.1, 0.15) is 37.1 Å². The van der Waals surface area contributed by atoms with Gasteiger partial charge in [0.15, 0.2) is 0 Å². The average molecular weight is 179 g/mol. The van der Waals surface area contributed by atoms with Crippen LogP contribution in [0.25, 0.3) is 0 Å². The van der Waals surface area contributed by atoms with Gasteiger partial charge in [0.05, 0.1) is 5.69 Å². The summed E-state index contributed by atoms with van der Waals surface area (Å²) in [5.74, 6) is 0. The number of hydrogen-bond donors (Lipinski definition) is 2. The lowest BCUT2D eigenvalue weighted by atomic mass is 10.2. The molecular formula is C10H17N3. The Morgan fingerprint density at radius 2 is 2.31 bits per heavy atom. The van der Waals surface area contributed by atoms with Crippen LogP contribution in [0.2, 0.25) is 0 Å². The van der Waals surface area contributed by atoms with Gasteiger partial charge in [-0.1, -0.05) is 12.8 Å². The first kappa shape index (κ1) is 8.75. The van der Waals surface area contributed by atoms with Crippen molar-refractivity contribution in [1.29, 1.82) is 0 Å². The minimum atomic E-state index is 0.733. The zero-order valence-corrected chi connectivity index (χ0v) is 8.14. The van der Waals surface area contributed by atoms with Gasteiger partial charge in [0, 0.05) is 18.3 Å². The fourth-order valence-corrected chi connectivity index (χ4v) is 1.94. The Morgan fingerprint density at radius 1 is 1.54 bits per heavy atom. The number of nitrogens with zero attached hydrogens (tertiary/aromatic N) is 1. The number of nitrogens with one attached hydrogen (secondary N) is 2. The van der Waals surface area contributed by atoms with Gasteiger partial charge < -0.3 is 5.32 Å². The first-order chi connectivity index (χ1) is 6.34. The lowest BCUT2D eigenvalue weighted by Crippen LogP contribution is -2.25. The molecule has 0 spiro atoms. The number of H-pyrrole nitrogens is 1. The van der Waals surface area contributed by atoms with Crippen molar-refractivity contribution in [2.24, 2.45) is 0 Å². The number of hydrogen-bond acceptors (Lipinski definition) is 2. The normalized spacial score (nSPS) is 18.2. The predicted molar refractivity (Wildman–Crippen MR) is 52.4 cm³/mol. The molecule has 2 rings (SSSR count). The molecule has 1 aromatic heterocycles. The van der Waals surface area contributed by atoms with Gasteiger partial charge in [-0.2, -0.15) is 5.10 Å². The van der Waals surface area contributed by atoms with Gasteiger partial charge in [-0.05, 0) is 25.8 Å². The highest BCUT2D eigenvalue weighted by Gasteiger charge is 2.13. The van der Waals surface area contributed by atoms with E-state index in [-0.39, 0.29) is 0 Å². The van der Waals surface area contributed by atoms with Gasteiger partial charge in [0.2, 0.25) is 0 Å². The van der Waals surface area contributed by atoms with Gasteiger partial charge in [0.25, 0.3) is 0 Å². The molecule has 1 saturated carbocycles. The molecule has 1 heterocycles. The SMILES string of the molecule is Cc1cc(CNC2CCCC2)n[nH]1. The average Bonchev–Trinajstić information content (AvgIpc) is 2.71. The molecule has 72 valence electrons. The Balaban J connectivity index is 1.78. The van der Waals surface area contributed by atoms with Crippen LogP contribution in [0, 0.1) is 6.92 Å². The van der Waals surface area contributed by atoms with Crippen LogP contribution in [0.5, 0.6) is 0 Å². The predicted octanol–water partition coefficient (Wildman–Crippen LogP) is 1.75. The maximum atomic E-state index is 4.19. The van der Waals surface area contributed by atoms with Crippen molar-refractivity contribution in [3.8, 4) is 0 Å². The van der Waals surface area contributed by atoms with Crippen LogP contribution in [0.3, 0.4) is 0 Å². The van der Waals surface area contributed by atoms with E-state index in [1.807, 2.05) is 6.92 Å². The maximum absolute atomic E-state index is 4.19. The molecule has 3 nitrogen and oxygen atoms in total. The van der Waals surface area contributed by atoms with Crippen LogP contribution >= 0.6 is 0 Å². The minimum Gasteiger partial charge on any atom is -0.308 e. The van der Waals surface area contributed by atoms with Crippen molar-refractivity contribution in [1.82, 2.24) is 15.5 Å². The summed E-state index contributed by atoms with van der Waals surface area (Å²) in [7, 11) is 0. The van der Waals surface area contributed by atoms with Crippen molar-refractivity contribution in [3.05, 3.63) is 17.5 Å². The van der Waals surface area contributed by atoms with Gasteiger partial charge in [-0.3, -0.25) is 5.10 Å². The van der Waals surface area contributed by atoms with E-state index < -0.39 is 0 Å². The van der Waals surface area contributed by atoms with E-state index in [0.717, 1.165) is 24.0 Å². The summed E-state index contributed by atoms with van der Waals surface area (Å²) in [5.41, 5.74) is 2.27. The second-order valence-corrected chi connectivity index (χ2v) is 3.90. The largest absolute Gasteiger partial charge is 0.308 e. The molecule has 1 aromatic rings. The van der Waals surface area contributed by atoms with Crippen molar-refractivity contribution >= 4 is 0 Å². The molecule has 0 atom stereocenters. The molecule has 0 radical (unpaired) electrons. The lowest BCUT2D eigenvalue weighted by Gasteiger charge is -2.09. The first-order valence-electron chi connectivity index (χ1n) is 5.09. The van der Waals surface area contributed by atoms with Crippen molar-refractivity contribution < 1.29 is 0 Å². The molecular weight excluding hydrogens is 162 g/mol. The molecule has 0 aromatic carbocycles. The standard InChI is InChI=1S/C10H17N3/c1-8-6-10(13-12-8)7-11-9-4-2-3-5-9/h6,9,11H,2-5,7H2,1H3,(H,12,13). The Labute approximate surface area is 78.9 Å². The Morgan fingerprint density at radius 3 is 2.92 bits per heavy atom. The van der Waals surface area contributed by atoms with Crippen LogP contribution in [-0.2, 0) is 6.54 Å². The summed E-state index contributed by atoms with van der Waals surface area (Å²) < 4.78 is 0. The summed E-state index contributed by atoms with van der Waals surface area (Å²) in [5, 5.41) is 10.7. The number of aromatic amines is 1. The zero-order valence-electron chi connectivity index (χ0n) is 8.14. The van der Waals surface area contributed by atoms with E-state index in [9.17, 15) is 0 Å². The molecule has 0 amide bonds. The first-order valence-corrected chi connectivity index (χ1v) is 5.09. The smallest absolute Gasteiger partial charge is 0.0762 e. The van der Waals surface area contributed by atoms with E-state index in [2.05, 4.69) is 21.6 Å². The number of rotatable bonds is 3. The fraction of sp³-hybridized carbons (Fsp3) is 0.700.